The topological polar surface area (TPSA) is 29.5 Å². The molecule has 0 aliphatic carbocycles. The molecule has 2 aromatic carbocycles. The quantitative estimate of drug-likeness (QED) is 0.894. The SMILES string of the molecule is COc1ccc(CC[C@@H](O)c2ccc(Cl)cc2)cc1. The van der Waals surface area contributed by atoms with E-state index in [1.54, 1.807) is 19.2 Å². The molecular formula is C16H17ClO2. The lowest BCUT2D eigenvalue weighted by molar-refractivity contribution is 0.168. The Labute approximate surface area is 118 Å². The number of aliphatic hydroxyl groups excluding tert-OH is 1. The summed E-state index contributed by atoms with van der Waals surface area (Å²) in [6.07, 6.45) is 1.06. The Hall–Kier alpha value is -1.51. The van der Waals surface area contributed by atoms with Gasteiger partial charge in [-0.1, -0.05) is 35.9 Å². The minimum atomic E-state index is -0.459. The number of methoxy groups -OCH3 is 1. The first-order valence-corrected chi connectivity index (χ1v) is 6.63. The summed E-state index contributed by atoms with van der Waals surface area (Å²) in [5, 5.41) is 10.8. The Balaban J connectivity index is 1.92. The number of halogens is 1. The molecule has 0 heterocycles. The first-order chi connectivity index (χ1) is 9.19. The average molecular weight is 277 g/mol. The molecule has 100 valence electrons. The fraction of sp³-hybridized carbons (Fsp3) is 0.250. The van der Waals surface area contributed by atoms with Gasteiger partial charge in [0.1, 0.15) is 5.75 Å². The van der Waals surface area contributed by atoms with Gasteiger partial charge >= 0.3 is 0 Å². The van der Waals surface area contributed by atoms with Gasteiger partial charge in [0.15, 0.2) is 0 Å². The molecule has 0 saturated heterocycles. The zero-order valence-electron chi connectivity index (χ0n) is 10.8. The maximum absolute atomic E-state index is 10.1. The van der Waals surface area contributed by atoms with E-state index >= 15 is 0 Å². The van der Waals surface area contributed by atoms with E-state index in [0.29, 0.717) is 11.4 Å². The highest BCUT2D eigenvalue weighted by Crippen LogP contribution is 2.21. The van der Waals surface area contributed by atoms with Crippen LogP contribution < -0.4 is 4.74 Å². The number of ether oxygens (including phenoxy) is 1. The number of hydrogen-bond donors (Lipinski definition) is 1. The number of benzene rings is 2. The Morgan fingerprint density at radius 2 is 1.68 bits per heavy atom. The molecule has 1 atom stereocenters. The molecule has 0 spiro atoms. The van der Waals surface area contributed by atoms with Crippen molar-refractivity contribution in [1.82, 2.24) is 0 Å². The second kappa shape index (κ2) is 6.60. The number of aryl methyl sites for hydroxylation is 1. The largest absolute Gasteiger partial charge is 0.497 e. The van der Waals surface area contributed by atoms with Crippen LogP contribution in [0.5, 0.6) is 5.75 Å². The molecule has 2 nitrogen and oxygen atoms in total. The summed E-state index contributed by atoms with van der Waals surface area (Å²) in [4.78, 5) is 0. The molecule has 0 saturated carbocycles. The zero-order valence-corrected chi connectivity index (χ0v) is 11.6. The van der Waals surface area contributed by atoms with Crippen LogP contribution in [-0.2, 0) is 6.42 Å². The molecule has 0 aliphatic heterocycles. The summed E-state index contributed by atoms with van der Waals surface area (Å²) < 4.78 is 5.11. The minimum Gasteiger partial charge on any atom is -0.497 e. The summed E-state index contributed by atoms with van der Waals surface area (Å²) >= 11 is 5.82. The first-order valence-electron chi connectivity index (χ1n) is 6.25. The van der Waals surface area contributed by atoms with Crippen molar-refractivity contribution < 1.29 is 9.84 Å². The second-order valence-electron chi connectivity index (χ2n) is 4.45. The molecule has 2 aromatic rings. The number of rotatable bonds is 5. The van der Waals surface area contributed by atoms with Crippen LogP contribution in [0.15, 0.2) is 48.5 Å². The van der Waals surface area contributed by atoms with Crippen molar-refractivity contribution in [1.29, 1.82) is 0 Å². The van der Waals surface area contributed by atoms with Crippen LogP contribution in [0.1, 0.15) is 23.7 Å². The van der Waals surface area contributed by atoms with E-state index in [4.69, 9.17) is 16.3 Å². The van der Waals surface area contributed by atoms with Crippen molar-refractivity contribution in [3.63, 3.8) is 0 Å². The molecule has 0 fully saturated rings. The lowest BCUT2D eigenvalue weighted by atomic mass is 10.0. The second-order valence-corrected chi connectivity index (χ2v) is 4.89. The highest BCUT2D eigenvalue weighted by Gasteiger charge is 2.07. The molecule has 0 radical (unpaired) electrons. The third-order valence-electron chi connectivity index (χ3n) is 3.12. The van der Waals surface area contributed by atoms with Gasteiger partial charge in [-0.3, -0.25) is 0 Å². The molecule has 3 heteroatoms. The lowest BCUT2D eigenvalue weighted by Crippen LogP contribution is -1.99. The van der Waals surface area contributed by atoms with Crippen LogP contribution in [0.3, 0.4) is 0 Å². The molecule has 19 heavy (non-hydrogen) atoms. The predicted molar refractivity (Wildman–Crippen MR) is 77.7 cm³/mol. The molecule has 1 N–H and O–H groups in total. The van der Waals surface area contributed by atoms with Crippen LogP contribution in [0.25, 0.3) is 0 Å². The van der Waals surface area contributed by atoms with Gasteiger partial charge in [-0.2, -0.15) is 0 Å². The van der Waals surface area contributed by atoms with Crippen LogP contribution >= 0.6 is 11.6 Å². The highest BCUT2D eigenvalue weighted by molar-refractivity contribution is 6.30. The summed E-state index contributed by atoms with van der Waals surface area (Å²) in [6, 6.07) is 15.2. The standard InChI is InChI=1S/C16H17ClO2/c1-19-15-9-2-12(3-10-15)4-11-16(18)13-5-7-14(17)8-6-13/h2-3,5-10,16,18H,4,11H2,1H3/t16-/m1/s1. The average Bonchev–Trinajstić information content (AvgIpc) is 2.46. The van der Waals surface area contributed by atoms with Crippen molar-refractivity contribution in [2.75, 3.05) is 7.11 Å². The third kappa shape index (κ3) is 3.98. The van der Waals surface area contributed by atoms with Gasteiger partial charge in [0.25, 0.3) is 0 Å². The van der Waals surface area contributed by atoms with Crippen molar-refractivity contribution >= 4 is 11.6 Å². The van der Waals surface area contributed by atoms with Crippen molar-refractivity contribution in [2.24, 2.45) is 0 Å². The minimum absolute atomic E-state index is 0.459. The molecule has 0 unspecified atom stereocenters. The number of aliphatic hydroxyl groups is 1. The fourth-order valence-corrected chi connectivity index (χ4v) is 2.07. The summed E-state index contributed by atoms with van der Waals surface area (Å²) in [7, 11) is 1.65. The summed E-state index contributed by atoms with van der Waals surface area (Å²) in [6.45, 7) is 0. The molecule has 0 amide bonds. The number of hydrogen-bond acceptors (Lipinski definition) is 2. The van der Waals surface area contributed by atoms with Gasteiger partial charge < -0.3 is 9.84 Å². The van der Waals surface area contributed by atoms with E-state index in [2.05, 4.69) is 0 Å². The van der Waals surface area contributed by atoms with E-state index in [1.165, 1.54) is 5.56 Å². The van der Waals surface area contributed by atoms with Crippen molar-refractivity contribution in [3.05, 3.63) is 64.7 Å². The maximum atomic E-state index is 10.1. The van der Waals surface area contributed by atoms with E-state index in [9.17, 15) is 5.11 Å². The van der Waals surface area contributed by atoms with Gasteiger partial charge in [0.2, 0.25) is 0 Å². The van der Waals surface area contributed by atoms with E-state index < -0.39 is 6.10 Å². The van der Waals surface area contributed by atoms with Gasteiger partial charge in [-0.05, 0) is 48.2 Å². The van der Waals surface area contributed by atoms with Crippen LogP contribution in [0, 0.1) is 0 Å². The lowest BCUT2D eigenvalue weighted by Gasteiger charge is -2.11. The van der Waals surface area contributed by atoms with Crippen molar-refractivity contribution in [2.45, 2.75) is 18.9 Å². The predicted octanol–water partition coefficient (Wildman–Crippen LogP) is 4.01. The normalized spacial score (nSPS) is 12.2. The molecule has 0 aliphatic rings. The smallest absolute Gasteiger partial charge is 0.118 e. The monoisotopic (exact) mass is 276 g/mol. The molecular weight excluding hydrogens is 260 g/mol. The zero-order chi connectivity index (χ0) is 13.7. The summed E-state index contributed by atoms with van der Waals surface area (Å²) in [5.74, 6) is 0.849. The highest BCUT2D eigenvalue weighted by atomic mass is 35.5. The van der Waals surface area contributed by atoms with Crippen LogP contribution in [0.2, 0.25) is 5.02 Å². The summed E-state index contributed by atoms with van der Waals surface area (Å²) in [5.41, 5.74) is 2.09. The first kappa shape index (κ1) is 13.9. The van der Waals surface area contributed by atoms with Crippen LogP contribution in [-0.4, -0.2) is 12.2 Å². The van der Waals surface area contributed by atoms with E-state index in [-0.39, 0.29) is 0 Å². The van der Waals surface area contributed by atoms with Crippen LogP contribution in [0.4, 0.5) is 0 Å². The molecule has 0 aromatic heterocycles. The maximum Gasteiger partial charge on any atom is 0.118 e. The van der Waals surface area contributed by atoms with Gasteiger partial charge in [-0.25, -0.2) is 0 Å². The Morgan fingerprint density at radius 1 is 1.05 bits per heavy atom. The third-order valence-corrected chi connectivity index (χ3v) is 3.37. The molecule has 2 rings (SSSR count). The van der Waals surface area contributed by atoms with Crippen molar-refractivity contribution in [3.8, 4) is 5.75 Å². The Kier molecular flexibility index (Phi) is 4.83. The Bertz CT molecular complexity index is 505. The van der Waals surface area contributed by atoms with E-state index in [1.807, 2.05) is 36.4 Å². The fourth-order valence-electron chi connectivity index (χ4n) is 1.95. The van der Waals surface area contributed by atoms with Gasteiger partial charge in [-0.15, -0.1) is 0 Å². The molecule has 0 bridgehead atoms. The Morgan fingerprint density at radius 3 is 2.26 bits per heavy atom. The van der Waals surface area contributed by atoms with Gasteiger partial charge in [0.05, 0.1) is 13.2 Å². The van der Waals surface area contributed by atoms with Gasteiger partial charge in [0, 0.05) is 5.02 Å². The van der Waals surface area contributed by atoms with E-state index in [0.717, 1.165) is 17.7 Å².